The molecule has 0 saturated heterocycles. The highest BCUT2D eigenvalue weighted by Crippen LogP contribution is 2.28. The molecule has 0 heterocycles. The van der Waals surface area contributed by atoms with E-state index in [1.807, 2.05) is 19.9 Å². The molecular weight excluding hydrogens is 243 g/mol. The van der Waals surface area contributed by atoms with Crippen molar-refractivity contribution in [1.29, 1.82) is 0 Å². The predicted molar refractivity (Wildman–Crippen MR) is 64.7 cm³/mol. The lowest BCUT2D eigenvalue weighted by molar-refractivity contribution is -0.196. The minimum atomic E-state index is -4.40. The Morgan fingerprint density at radius 1 is 1.28 bits per heavy atom. The fourth-order valence-corrected chi connectivity index (χ4v) is 1.55. The molecule has 0 aliphatic heterocycles. The van der Waals surface area contributed by atoms with Crippen LogP contribution >= 0.6 is 0 Å². The molecule has 0 spiro atoms. The Morgan fingerprint density at radius 2 is 1.94 bits per heavy atom. The zero-order valence-corrected chi connectivity index (χ0v) is 10.5. The molecule has 0 fully saturated rings. The Kier molecular flexibility index (Phi) is 5.02. The van der Waals surface area contributed by atoms with Crippen LogP contribution < -0.4 is 10.5 Å². The van der Waals surface area contributed by atoms with Gasteiger partial charge in [0, 0.05) is 6.42 Å². The molecule has 1 aromatic rings. The summed E-state index contributed by atoms with van der Waals surface area (Å²) in [5.74, 6) is 0.476. The van der Waals surface area contributed by atoms with Crippen LogP contribution in [0.25, 0.3) is 0 Å². The van der Waals surface area contributed by atoms with Crippen LogP contribution in [-0.2, 0) is 0 Å². The Balaban J connectivity index is 2.84. The van der Waals surface area contributed by atoms with E-state index in [0.29, 0.717) is 0 Å². The van der Waals surface area contributed by atoms with E-state index >= 15 is 0 Å². The summed E-state index contributed by atoms with van der Waals surface area (Å²) in [5.41, 5.74) is 6.12. The van der Waals surface area contributed by atoms with Crippen LogP contribution in [0.15, 0.2) is 24.3 Å². The molecule has 2 N–H and O–H groups in total. The molecule has 0 aliphatic rings. The number of hydrogen-bond donors (Lipinski definition) is 1. The van der Waals surface area contributed by atoms with Crippen LogP contribution in [0.3, 0.4) is 0 Å². The van der Waals surface area contributed by atoms with E-state index in [-0.39, 0.29) is 24.6 Å². The minimum absolute atomic E-state index is 0.0615. The van der Waals surface area contributed by atoms with E-state index < -0.39 is 12.3 Å². The normalized spacial score (nSPS) is 13.7. The smallest absolute Gasteiger partial charge is 0.425 e. The third-order valence-corrected chi connectivity index (χ3v) is 2.60. The molecule has 0 aromatic heterocycles. The van der Waals surface area contributed by atoms with Crippen molar-refractivity contribution in [2.75, 3.05) is 6.54 Å². The van der Waals surface area contributed by atoms with Gasteiger partial charge in [-0.15, -0.1) is 0 Å². The van der Waals surface area contributed by atoms with Crippen LogP contribution in [-0.4, -0.2) is 18.8 Å². The lowest BCUT2D eigenvalue weighted by Gasteiger charge is -2.21. The minimum Gasteiger partial charge on any atom is -0.481 e. The molecule has 1 atom stereocenters. The van der Waals surface area contributed by atoms with Crippen molar-refractivity contribution < 1.29 is 17.9 Å². The maximum Gasteiger partial charge on any atom is 0.425 e. The summed E-state index contributed by atoms with van der Waals surface area (Å²) >= 11 is 0. The van der Waals surface area contributed by atoms with Gasteiger partial charge in [0.15, 0.2) is 6.10 Å². The monoisotopic (exact) mass is 261 g/mol. The van der Waals surface area contributed by atoms with Gasteiger partial charge in [-0.25, -0.2) is 0 Å². The highest BCUT2D eigenvalue weighted by molar-refractivity contribution is 5.30. The molecule has 5 heteroatoms. The first kappa shape index (κ1) is 14.8. The second-order valence-electron chi connectivity index (χ2n) is 4.45. The molecule has 1 unspecified atom stereocenters. The molecule has 0 aliphatic carbocycles. The number of nitrogens with two attached hydrogens (primary N) is 1. The van der Waals surface area contributed by atoms with Gasteiger partial charge in [0.25, 0.3) is 0 Å². The van der Waals surface area contributed by atoms with Gasteiger partial charge < -0.3 is 10.5 Å². The molecule has 0 amide bonds. The van der Waals surface area contributed by atoms with Crippen LogP contribution in [0.5, 0.6) is 5.75 Å². The van der Waals surface area contributed by atoms with Crippen molar-refractivity contribution in [1.82, 2.24) is 0 Å². The highest BCUT2D eigenvalue weighted by atomic mass is 19.4. The van der Waals surface area contributed by atoms with Crippen molar-refractivity contribution in [3.8, 4) is 5.75 Å². The van der Waals surface area contributed by atoms with Crippen LogP contribution in [0.4, 0.5) is 13.2 Å². The Morgan fingerprint density at radius 3 is 2.44 bits per heavy atom. The van der Waals surface area contributed by atoms with Crippen molar-refractivity contribution in [2.45, 2.75) is 38.5 Å². The van der Waals surface area contributed by atoms with Gasteiger partial charge in [0.1, 0.15) is 5.75 Å². The Bertz CT molecular complexity index is 377. The average Bonchev–Trinajstić information content (AvgIpc) is 2.27. The summed E-state index contributed by atoms with van der Waals surface area (Å²) in [5, 5.41) is 0. The van der Waals surface area contributed by atoms with Gasteiger partial charge in [-0.2, -0.15) is 13.2 Å². The topological polar surface area (TPSA) is 35.2 Å². The van der Waals surface area contributed by atoms with E-state index in [9.17, 15) is 13.2 Å². The third-order valence-electron chi connectivity index (χ3n) is 2.60. The molecule has 0 radical (unpaired) electrons. The zero-order chi connectivity index (χ0) is 13.8. The molecule has 0 bridgehead atoms. The molecule has 0 saturated carbocycles. The lowest BCUT2D eigenvalue weighted by atomic mass is 10.0. The second kappa shape index (κ2) is 6.09. The van der Waals surface area contributed by atoms with Crippen molar-refractivity contribution in [2.24, 2.45) is 5.73 Å². The standard InChI is InChI=1S/C13H18F3NO/c1-9(2)10-4-3-5-11(8-10)18-12(6-7-17)13(14,15)16/h3-5,8-9,12H,6-7,17H2,1-2H3. The molecule has 102 valence electrons. The quantitative estimate of drug-likeness (QED) is 0.880. The Labute approximate surface area is 105 Å². The van der Waals surface area contributed by atoms with Gasteiger partial charge in [0.2, 0.25) is 0 Å². The second-order valence-corrected chi connectivity index (χ2v) is 4.45. The first-order chi connectivity index (χ1) is 8.34. The zero-order valence-electron chi connectivity index (χ0n) is 10.5. The molecule has 18 heavy (non-hydrogen) atoms. The number of alkyl halides is 3. The fourth-order valence-electron chi connectivity index (χ4n) is 1.55. The highest BCUT2D eigenvalue weighted by Gasteiger charge is 2.41. The van der Waals surface area contributed by atoms with E-state index in [2.05, 4.69) is 0 Å². The first-order valence-electron chi connectivity index (χ1n) is 5.88. The van der Waals surface area contributed by atoms with E-state index in [0.717, 1.165) is 5.56 Å². The number of benzene rings is 1. The average molecular weight is 261 g/mol. The fraction of sp³-hybridized carbons (Fsp3) is 0.538. The third kappa shape index (κ3) is 4.22. The summed E-state index contributed by atoms with van der Waals surface area (Å²) in [6, 6.07) is 6.73. The van der Waals surface area contributed by atoms with E-state index in [1.165, 1.54) is 6.07 Å². The van der Waals surface area contributed by atoms with E-state index in [4.69, 9.17) is 10.5 Å². The summed E-state index contributed by atoms with van der Waals surface area (Å²) < 4.78 is 43.0. The van der Waals surface area contributed by atoms with Crippen LogP contribution in [0.1, 0.15) is 31.7 Å². The summed E-state index contributed by atoms with van der Waals surface area (Å²) in [7, 11) is 0. The lowest BCUT2D eigenvalue weighted by Crippen LogP contribution is -2.36. The largest absolute Gasteiger partial charge is 0.481 e. The van der Waals surface area contributed by atoms with Gasteiger partial charge in [-0.3, -0.25) is 0 Å². The number of rotatable bonds is 5. The Hall–Kier alpha value is -1.23. The number of hydrogen-bond acceptors (Lipinski definition) is 2. The number of halogens is 3. The maximum atomic E-state index is 12.7. The van der Waals surface area contributed by atoms with E-state index in [1.54, 1.807) is 12.1 Å². The molecule has 1 rings (SSSR count). The van der Waals surface area contributed by atoms with Crippen LogP contribution in [0, 0.1) is 0 Å². The van der Waals surface area contributed by atoms with Crippen molar-refractivity contribution >= 4 is 0 Å². The molecule has 2 nitrogen and oxygen atoms in total. The summed E-state index contributed by atoms with van der Waals surface area (Å²) in [6.07, 6.45) is -6.48. The van der Waals surface area contributed by atoms with Gasteiger partial charge >= 0.3 is 6.18 Å². The van der Waals surface area contributed by atoms with Gasteiger partial charge in [0.05, 0.1) is 0 Å². The van der Waals surface area contributed by atoms with Gasteiger partial charge in [-0.05, 0) is 30.2 Å². The predicted octanol–water partition coefficient (Wildman–Crippen LogP) is 3.47. The summed E-state index contributed by atoms with van der Waals surface area (Å²) in [6.45, 7) is 3.88. The first-order valence-corrected chi connectivity index (χ1v) is 5.88. The summed E-state index contributed by atoms with van der Waals surface area (Å²) in [4.78, 5) is 0. The van der Waals surface area contributed by atoms with Crippen molar-refractivity contribution in [3.05, 3.63) is 29.8 Å². The van der Waals surface area contributed by atoms with Crippen molar-refractivity contribution in [3.63, 3.8) is 0 Å². The number of ether oxygens (including phenoxy) is 1. The molecule has 1 aromatic carbocycles. The maximum absolute atomic E-state index is 12.7. The van der Waals surface area contributed by atoms with Crippen LogP contribution in [0.2, 0.25) is 0 Å². The van der Waals surface area contributed by atoms with Gasteiger partial charge in [-0.1, -0.05) is 26.0 Å². The SMILES string of the molecule is CC(C)c1cccc(OC(CCN)C(F)(F)F)c1. The molecular formula is C13H18F3NO.